The van der Waals surface area contributed by atoms with Crippen LogP contribution in [0.4, 0.5) is 0 Å². The first kappa shape index (κ1) is 16.2. The van der Waals surface area contributed by atoms with E-state index in [9.17, 15) is 5.11 Å². The highest BCUT2D eigenvalue weighted by atomic mass is 16.3. The molecule has 0 fully saturated rings. The third-order valence-electron chi connectivity index (χ3n) is 3.19. The Bertz CT molecular complexity index is 225. The average molecular weight is 243 g/mol. The predicted octanol–water partition coefficient (Wildman–Crippen LogP) is 1.89. The monoisotopic (exact) mass is 243 g/mol. The number of nitrogens with zero attached hydrogens (tertiary/aromatic N) is 1. The van der Waals surface area contributed by atoms with Gasteiger partial charge in [-0.05, 0) is 33.1 Å². The van der Waals surface area contributed by atoms with Crippen molar-refractivity contribution < 1.29 is 5.11 Å². The number of nitrogens with one attached hydrogen (secondary N) is 2. The van der Waals surface area contributed by atoms with Crippen molar-refractivity contribution in [1.82, 2.24) is 10.6 Å². The molecule has 17 heavy (non-hydrogen) atoms. The topological polar surface area (TPSA) is 56.7 Å². The first-order chi connectivity index (χ1) is 8.01. The van der Waals surface area contributed by atoms with Gasteiger partial charge in [-0.25, -0.2) is 0 Å². The molecule has 1 unspecified atom stereocenters. The number of rotatable bonds is 7. The van der Waals surface area contributed by atoms with Crippen LogP contribution in [-0.4, -0.2) is 35.8 Å². The molecule has 102 valence electrons. The fourth-order valence-electron chi connectivity index (χ4n) is 1.36. The molecule has 0 aliphatic heterocycles. The molecule has 0 aliphatic carbocycles. The maximum absolute atomic E-state index is 10.2. The fraction of sp³-hybridized carbons (Fsp3) is 0.923. The summed E-state index contributed by atoms with van der Waals surface area (Å²) in [5.41, 5.74) is -0.669. The van der Waals surface area contributed by atoms with E-state index in [4.69, 9.17) is 0 Å². The summed E-state index contributed by atoms with van der Waals surface area (Å²) in [5, 5.41) is 16.7. The van der Waals surface area contributed by atoms with Crippen LogP contribution in [0.2, 0.25) is 0 Å². The zero-order valence-electron chi connectivity index (χ0n) is 12.0. The first-order valence-electron chi connectivity index (χ1n) is 6.78. The van der Waals surface area contributed by atoms with Gasteiger partial charge in [0, 0.05) is 12.6 Å². The zero-order valence-corrected chi connectivity index (χ0v) is 12.0. The van der Waals surface area contributed by atoms with E-state index < -0.39 is 5.60 Å². The lowest BCUT2D eigenvalue weighted by molar-refractivity contribution is 0.0418. The number of guanidine groups is 1. The number of hydrogen-bond donors (Lipinski definition) is 3. The molecule has 0 aromatic rings. The maximum Gasteiger partial charge on any atom is 0.191 e. The minimum atomic E-state index is -0.669. The number of aliphatic hydroxyl groups is 1. The molecule has 0 aromatic heterocycles. The zero-order chi connectivity index (χ0) is 13.3. The molecule has 4 nitrogen and oxygen atoms in total. The molecule has 0 spiro atoms. The van der Waals surface area contributed by atoms with Crippen molar-refractivity contribution in [3.63, 3.8) is 0 Å². The second kappa shape index (κ2) is 8.34. The van der Waals surface area contributed by atoms with Gasteiger partial charge in [0.15, 0.2) is 5.96 Å². The van der Waals surface area contributed by atoms with Crippen LogP contribution in [0, 0.1) is 0 Å². The Labute approximate surface area is 106 Å². The van der Waals surface area contributed by atoms with Crippen LogP contribution < -0.4 is 10.6 Å². The van der Waals surface area contributed by atoms with E-state index in [1.165, 1.54) is 0 Å². The van der Waals surface area contributed by atoms with E-state index in [0.717, 1.165) is 31.8 Å². The van der Waals surface area contributed by atoms with Crippen LogP contribution in [0.5, 0.6) is 0 Å². The van der Waals surface area contributed by atoms with Crippen LogP contribution in [0.15, 0.2) is 4.99 Å². The Morgan fingerprint density at radius 2 is 1.82 bits per heavy atom. The van der Waals surface area contributed by atoms with Crippen LogP contribution in [0.25, 0.3) is 0 Å². The van der Waals surface area contributed by atoms with Crippen LogP contribution in [0.1, 0.15) is 53.9 Å². The van der Waals surface area contributed by atoms with E-state index in [-0.39, 0.29) is 0 Å². The van der Waals surface area contributed by atoms with Gasteiger partial charge in [-0.3, -0.25) is 4.99 Å². The predicted molar refractivity (Wildman–Crippen MR) is 74.4 cm³/mol. The first-order valence-corrected chi connectivity index (χ1v) is 6.78. The Balaban J connectivity index is 4.47. The van der Waals surface area contributed by atoms with Gasteiger partial charge in [0.1, 0.15) is 0 Å². The summed E-state index contributed by atoms with van der Waals surface area (Å²) in [5.74, 6) is 0.794. The molecule has 0 amide bonds. The minimum Gasteiger partial charge on any atom is -0.388 e. The van der Waals surface area contributed by atoms with Gasteiger partial charge in [0.2, 0.25) is 0 Å². The Kier molecular flexibility index (Phi) is 7.96. The quantitative estimate of drug-likeness (QED) is 0.473. The fourth-order valence-corrected chi connectivity index (χ4v) is 1.36. The van der Waals surface area contributed by atoms with Gasteiger partial charge in [-0.2, -0.15) is 0 Å². The van der Waals surface area contributed by atoms with E-state index in [1.54, 1.807) is 0 Å². The molecular weight excluding hydrogens is 214 g/mol. The molecule has 0 heterocycles. The summed E-state index contributed by atoms with van der Waals surface area (Å²) >= 11 is 0. The van der Waals surface area contributed by atoms with Crippen molar-refractivity contribution in [3.05, 3.63) is 0 Å². The van der Waals surface area contributed by atoms with Gasteiger partial charge in [0.05, 0.1) is 12.1 Å². The van der Waals surface area contributed by atoms with Crippen molar-refractivity contribution in [1.29, 1.82) is 0 Å². The third-order valence-corrected chi connectivity index (χ3v) is 3.19. The van der Waals surface area contributed by atoms with Crippen molar-refractivity contribution in [2.45, 2.75) is 65.5 Å². The molecule has 0 saturated carbocycles. The summed E-state index contributed by atoms with van der Waals surface area (Å²) in [6.45, 7) is 11.6. The highest BCUT2D eigenvalue weighted by Gasteiger charge is 2.21. The lowest BCUT2D eigenvalue weighted by Gasteiger charge is -2.24. The normalized spacial score (nSPS) is 14.6. The smallest absolute Gasteiger partial charge is 0.191 e. The molecule has 0 saturated heterocycles. The molecule has 0 rings (SSSR count). The summed E-state index contributed by atoms with van der Waals surface area (Å²) in [4.78, 5) is 4.46. The van der Waals surface area contributed by atoms with E-state index in [1.807, 2.05) is 20.8 Å². The molecular formula is C13H29N3O. The third kappa shape index (κ3) is 6.51. The van der Waals surface area contributed by atoms with Crippen molar-refractivity contribution in [2.24, 2.45) is 4.99 Å². The molecule has 1 atom stereocenters. The van der Waals surface area contributed by atoms with Gasteiger partial charge >= 0.3 is 0 Å². The highest BCUT2D eigenvalue weighted by molar-refractivity contribution is 5.80. The molecule has 4 heteroatoms. The minimum absolute atomic E-state index is 0.393. The Hall–Kier alpha value is -0.770. The Morgan fingerprint density at radius 3 is 2.24 bits per heavy atom. The van der Waals surface area contributed by atoms with Gasteiger partial charge < -0.3 is 15.7 Å². The average Bonchev–Trinajstić information content (AvgIpc) is 2.35. The number of aliphatic imine (C=N–C) groups is 1. The highest BCUT2D eigenvalue weighted by Crippen LogP contribution is 2.14. The summed E-state index contributed by atoms with van der Waals surface area (Å²) < 4.78 is 0. The Morgan fingerprint density at radius 1 is 1.24 bits per heavy atom. The molecule has 0 aromatic carbocycles. The van der Waals surface area contributed by atoms with E-state index in [2.05, 4.69) is 29.5 Å². The van der Waals surface area contributed by atoms with Gasteiger partial charge in [-0.15, -0.1) is 0 Å². The maximum atomic E-state index is 10.2. The molecule has 3 N–H and O–H groups in total. The summed E-state index contributed by atoms with van der Waals surface area (Å²) in [6.07, 6.45) is 2.52. The standard InChI is InChI=1S/C13H29N3O/c1-6-11(5)16-12(14-9-4)15-10-13(17,7-2)8-3/h11,17H,6-10H2,1-5H3,(H2,14,15,16). The summed E-state index contributed by atoms with van der Waals surface area (Å²) in [7, 11) is 0. The second-order valence-corrected chi connectivity index (χ2v) is 4.58. The van der Waals surface area contributed by atoms with Gasteiger partial charge in [0.25, 0.3) is 0 Å². The van der Waals surface area contributed by atoms with Crippen molar-refractivity contribution in [2.75, 3.05) is 13.1 Å². The van der Waals surface area contributed by atoms with Crippen LogP contribution in [0.3, 0.4) is 0 Å². The van der Waals surface area contributed by atoms with Crippen LogP contribution in [-0.2, 0) is 0 Å². The molecule has 0 radical (unpaired) electrons. The molecule has 0 aliphatic rings. The largest absolute Gasteiger partial charge is 0.388 e. The van der Waals surface area contributed by atoms with Crippen LogP contribution >= 0.6 is 0 Å². The van der Waals surface area contributed by atoms with E-state index >= 15 is 0 Å². The van der Waals surface area contributed by atoms with Gasteiger partial charge in [-0.1, -0.05) is 20.8 Å². The summed E-state index contributed by atoms with van der Waals surface area (Å²) in [6, 6.07) is 0.393. The van der Waals surface area contributed by atoms with E-state index in [0.29, 0.717) is 12.6 Å². The lowest BCUT2D eigenvalue weighted by Crippen LogP contribution is -2.43. The molecule has 0 bridgehead atoms. The van der Waals surface area contributed by atoms with Crippen molar-refractivity contribution >= 4 is 5.96 Å². The SMILES string of the molecule is CCNC(=NCC(O)(CC)CC)NC(C)CC. The van der Waals surface area contributed by atoms with Crippen molar-refractivity contribution in [3.8, 4) is 0 Å². The second-order valence-electron chi connectivity index (χ2n) is 4.58. The lowest BCUT2D eigenvalue weighted by atomic mass is 9.98. The number of hydrogen-bond acceptors (Lipinski definition) is 2.